The van der Waals surface area contributed by atoms with E-state index in [0.29, 0.717) is 29.3 Å². The number of halogens is 4. The number of carboxylic acid groups (broad SMARTS) is 2. The number of carbonyl (C=O) groups is 3. The number of nitrogens with two attached hydrogens (primary N) is 1. The highest BCUT2D eigenvalue weighted by Gasteiger charge is 2.24. The quantitative estimate of drug-likeness (QED) is 0.286. The van der Waals surface area contributed by atoms with Crippen molar-refractivity contribution in [2.24, 2.45) is 5.73 Å². The van der Waals surface area contributed by atoms with Gasteiger partial charge in [-0.25, -0.2) is 9.59 Å². The second kappa shape index (κ2) is 18.1. The van der Waals surface area contributed by atoms with Gasteiger partial charge in [0.1, 0.15) is 17.7 Å². The molecule has 0 spiro atoms. The first kappa shape index (κ1) is 36.9. The molecule has 0 saturated heterocycles. The second-order valence-electron chi connectivity index (χ2n) is 8.74. The summed E-state index contributed by atoms with van der Waals surface area (Å²) in [7, 11) is 0. The van der Waals surface area contributed by atoms with Gasteiger partial charge < -0.3 is 26.0 Å². The Balaban J connectivity index is 0. The minimum absolute atomic E-state index is 0. The zero-order valence-corrected chi connectivity index (χ0v) is 23.9. The second-order valence-corrected chi connectivity index (χ2v) is 9.56. The van der Waals surface area contributed by atoms with E-state index in [9.17, 15) is 14.4 Å². The minimum Gasteiger partial charge on any atom is -0.480 e. The topological polar surface area (TPSA) is 139 Å². The SMILES string of the molecule is CC(C)(C)OC(=O)NC(CCc1ccccc1Cl)C(=O)O.Cl.Cl.NC(CCc1ccccc1Cl)C(=O)O. The third-order valence-electron chi connectivity index (χ3n) is 4.65. The van der Waals surface area contributed by atoms with Gasteiger partial charge in [0.05, 0.1) is 0 Å². The van der Waals surface area contributed by atoms with Crippen molar-refractivity contribution < 1.29 is 29.3 Å². The highest BCUT2D eigenvalue weighted by Crippen LogP contribution is 2.18. The number of ether oxygens (including phenoxy) is 1. The zero-order valence-electron chi connectivity index (χ0n) is 20.8. The molecule has 2 aromatic carbocycles. The van der Waals surface area contributed by atoms with Crippen molar-refractivity contribution in [2.45, 2.75) is 64.1 Å². The molecular formula is C25H34Cl4N2O6. The molecule has 0 aliphatic rings. The number of hydrogen-bond donors (Lipinski definition) is 4. The van der Waals surface area contributed by atoms with Crippen LogP contribution in [-0.2, 0) is 27.2 Å². The predicted octanol–water partition coefficient (Wildman–Crippen LogP) is 5.78. The Morgan fingerprint density at radius 1 is 0.865 bits per heavy atom. The fourth-order valence-corrected chi connectivity index (χ4v) is 3.30. The third-order valence-corrected chi connectivity index (χ3v) is 5.39. The van der Waals surface area contributed by atoms with Gasteiger partial charge in [0, 0.05) is 10.0 Å². The number of nitrogens with one attached hydrogen (secondary N) is 1. The van der Waals surface area contributed by atoms with Crippen LogP contribution in [0.4, 0.5) is 4.79 Å². The molecule has 0 aliphatic carbocycles. The average molecular weight is 600 g/mol. The van der Waals surface area contributed by atoms with Crippen LogP contribution in [0.15, 0.2) is 48.5 Å². The molecule has 12 heteroatoms. The number of carbonyl (C=O) groups excluding carboxylic acids is 1. The van der Waals surface area contributed by atoms with E-state index in [1.165, 1.54) is 0 Å². The molecule has 5 N–H and O–H groups in total. The molecular weight excluding hydrogens is 566 g/mol. The van der Waals surface area contributed by atoms with E-state index >= 15 is 0 Å². The summed E-state index contributed by atoms with van der Waals surface area (Å²) in [6, 6.07) is 12.7. The lowest BCUT2D eigenvalue weighted by atomic mass is 10.1. The fraction of sp³-hybridized carbons (Fsp3) is 0.400. The van der Waals surface area contributed by atoms with E-state index in [1.54, 1.807) is 39.0 Å². The Morgan fingerprint density at radius 3 is 1.68 bits per heavy atom. The van der Waals surface area contributed by atoms with Crippen LogP contribution in [0, 0.1) is 0 Å². The minimum atomic E-state index is -1.10. The molecule has 2 rings (SSSR count). The van der Waals surface area contributed by atoms with Crippen LogP contribution >= 0.6 is 48.0 Å². The molecule has 0 aromatic heterocycles. The zero-order chi connectivity index (χ0) is 26.6. The van der Waals surface area contributed by atoms with E-state index in [4.69, 9.17) is 43.9 Å². The van der Waals surface area contributed by atoms with Crippen molar-refractivity contribution in [2.75, 3.05) is 0 Å². The number of carboxylic acids is 2. The largest absolute Gasteiger partial charge is 0.480 e. The van der Waals surface area contributed by atoms with Crippen LogP contribution in [0.3, 0.4) is 0 Å². The highest BCUT2D eigenvalue weighted by molar-refractivity contribution is 6.31. The maximum Gasteiger partial charge on any atom is 0.408 e. The first-order valence-corrected chi connectivity index (χ1v) is 11.7. The standard InChI is InChI=1S/C15H20ClNO4.C10H12ClNO2.2ClH/c1-15(2,3)21-14(20)17-12(13(18)19)9-8-10-6-4-5-7-11(10)16;11-8-4-2-1-3-7(8)5-6-9(12)10(13)14;;/h4-7,12H,8-9H2,1-3H3,(H,17,20)(H,18,19);1-4,9H,5-6,12H2,(H,13,14);2*1H. The van der Waals surface area contributed by atoms with Crippen LogP contribution in [0.25, 0.3) is 0 Å². The van der Waals surface area contributed by atoms with Gasteiger partial charge in [-0.05, 0) is 69.7 Å². The van der Waals surface area contributed by atoms with E-state index in [1.807, 2.05) is 30.3 Å². The van der Waals surface area contributed by atoms with Crippen molar-refractivity contribution in [3.8, 4) is 0 Å². The lowest BCUT2D eigenvalue weighted by molar-refractivity contribution is -0.140. The fourth-order valence-electron chi connectivity index (χ4n) is 2.84. The summed E-state index contributed by atoms with van der Waals surface area (Å²) in [4.78, 5) is 33.3. The molecule has 2 atom stereocenters. The van der Waals surface area contributed by atoms with Gasteiger partial charge in [0.15, 0.2) is 0 Å². The van der Waals surface area contributed by atoms with E-state index in [2.05, 4.69) is 5.32 Å². The van der Waals surface area contributed by atoms with Gasteiger partial charge in [-0.3, -0.25) is 4.79 Å². The van der Waals surface area contributed by atoms with Gasteiger partial charge in [-0.15, -0.1) is 24.8 Å². The molecule has 0 radical (unpaired) electrons. The maximum absolute atomic E-state index is 11.6. The van der Waals surface area contributed by atoms with Crippen molar-refractivity contribution in [3.63, 3.8) is 0 Å². The normalized spacial score (nSPS) is 11.8. The molecule has 0 fully saturated rings. The van der Waals surface area contributed by atoms with Crippen molar-refractivity contribution >= 4 is 66.0 Å². The highest BCUT2D eigenvalue weighted by atomic mass is 35.5. The Hall–Kier alpha value is -2.23. The number of alkyl carbamates (subject to hydrolysis) is 1. The Bertz CT molecular complexity index is 1000. The summed E-state index contributed by atoms with van der Waals surface area (Å²) in [5.41, 5.74) is 6.48. The van der Waals surface area contributed by atoms with Gasteiger partial charge in [0.2, 0.25) is 0 Å². The lowest BCUT2D eigenvalue weighted by Crippen LogP contribution is -2.43. The van der Waals surface area contributed by atoms with E-state index in [0.717, 1.165) is 11.1 Å². The number of rotatable bonds is 9. The average Bonchev–Trinajstić information content (AvgIpc) is 2.75. The summed E-state index contributed by atoms with van der Waals surface area (Å²) >= 11 is 11.9. The first-order chi connectivity index (χ1) is 16.3. The Kier molecular flexibility index (Phi) is 18.1. The Morgan fingerprint density at radius 2 is 1.30 bits per heavy atom. The van der Waals surface area contributed by atoms with Gasteiger partial charge in [-0.2, -0.15) is 0 Å². The number of hydrogen-bond acceptors (Lipinski definition) is 5. The summed E-state index contributed by atoms with van der Waals surface area (Å²) in [6.45, 7) is 5.14. The van der Waals surface area contributed by atoms with Crippen LogP contribution < -0.4 is 11.1 Å². The van der Waals surface area contributed by atoms with Crippen LogP contribution in [0.5, 0.6) is 0 Å². The molecule has 0 saturated carbocycles. The molecule has 8 nitrogen and oxygen atoms in total. The molecule has 0 heterocycles. The van der Waals surface area contributed by atoms with Crippen molar-refractivity contribution in [1.82, 2.24) is 5.32 Å². The van der Waals surface area contributed by atoms with Crippen LogP contribution in [-0.4, -0.2) is 45.9 Å². The molecule has 1 amide bonds. The molecule has 0 bridgehead atoms. The molecule has 0 aliphatic heterocycles. The summed E-state index contributed by atoms with van der Waals surface area (Å²) < 4.78 is 5.05. The van der Waals surface area contributed by atoms with Crippen LogP contribution in [0.1, 0.15) is 44.7 Å². The Labute approximate surface area is 239 Å². The first-order valence-electron chi connectivity index (χ1n) is 11.0. The predicted molar refractivity (Wildman–Crippen MR) is 150 cm³/mol. The molecule has 208 valence electrons. The van der Waals surface area contributed by atoms with Crippen LogP contribution in [0.2, 0.25) is 10.0 Å². The molecule has 2 aromatic rings. The van der Waals surface area contributed by atoms with Gasteiger partial charge in [-0.1, -0.05) is 59.6 Å². The smallest absolute Gasteiger partial charge is 0.408 e. The summed E-state index contributed by atoms with van der Waals surface area (Å²) in [5.74, 6) is -2.08. The molecule has 37 heavy (non-hydrogen) atoms. The maximum atomic E-state index is 11.6. The van der Waals surface area contributed by atoms with Gasteiger partial charge in [0.25, 0.3) is 0 Å². The van der Waals surface area contributed by atoms with Gasteiger partial charge >= 0.3 is 18.0 Å². The molecule has 2 unspecified atom stereocenters. The number of aliphatic carboxylic acids is 2. The summed E-state index contributed by atoms with van der Waals surface area (Å²) in [6.07, 6.45) is 0.936. The monoisotopic (exact) mass is 598 g/mol. The third kappa shape index (κ3) is 15.6. The van der Waals surface area contributed by atoms with Crippen molar-refractivity contribution in [1.29, 1.82) is 0 Å². The lowest BCUT2D eigenvalue weighted by Gasteiger charge is -2.22. The van der Waals surface area contributed by atoms with E-state index in [-0.39, 0.29) is 31.2 Å². The number of benzene rings is 2. The van der Waals surface area contributed by atoms with Crippen molar-refractivity contribution in [3.05, 3.63) is 69.7 Å². The number of amides is 1. The van der Waals surface area contributed by atoms with E-state index < -0.39 is 35.7 Å². The summed E-state index contributed by atoms with van der Waals surface area (Å²) in [5, 5.41) is 21.3. The number of aryl methyl sites for hydroxylation is 2.